The second-order valence-electron chi connectivity index (χ2n) is 8.06. The van der Waals surface area contributed by atoms with E-state index in [0.717, 1.165) is 16.0 Å². The van der Waals surface area contributed by atoms with Gasteiger partial charge >= 0.3 is 0 Å². The largest absolute Gasteiger partial charge is 0.507 e. The van der Waals surface area contributed by atoms with Gasteiger partial charge in [-0.3, -0.25) is 9.59 Å². The van der Waals surface area contributed by atoms with E-state index < -0.39 is 17.7 Å². The number of aliphatic hydroxyl groups is 1. The van der Waals surface area contributed by atoms with Gasteiger partial charge in [-0.2, -0.15) is 0 Å². The Hall–Kier alpha value is -3.38. The number of thiophene rings is 1. The Kier molecular flexibility index (Phi) is 6.15. The Balaban J connectivity index is 1.81. The van der Waals surface area contributed by atoms with E-state index in [-0.39, 0.29) is 17.4 Å². The highest BCUT2D eigenvalue weighted by Crippen LogP contribution is 2.41. The first kappa shape index (κ1) is 21.8. The molecule has 0 saturated carbocycles. The molecule has 1 saturated heterocycles. The van der Waals surface area contributed by atoms with Crippen LogP contribution in [0.3, 0.4) is 0 Å². The third-order valence-corrected chi connectivity index (χ3v) is 6.23. The molecule has 2 heterocycles. The normalized spacial score (nSPS) is 17.9. The van der Waals surface area contributed by atoms with Crippen molar-refractivity contribution in [1.82, 2.24) is 4.90 Å². The van der Waals surface area contributed by atoms with E-state index in [1.54, 1.807) is 18.2 Å². The number of hydrogen-bond donors (Lipinski definition) is 1. The lowest BCUT2D eigenvalue weighted by Gasteiger charge is -2.25. The van der Waals surface area contributed by atoms with Crippen molar-refractivity contribution in [2.24, 2.45) is 0 Å². The van der Waals surface area contributed by atoms with Crippen molar-refractivity contribution in [3.63, 3.8) is 0 Å². The first-order valence-corrected chi connectivity index (χ1v) is 11.4. The Bertz CT molecular complexity index is 1170. The van der Waals surface area contributed by atoms with Crippen LogP contribution >= 0.6 is 11.3 Å². The lowest BCUT2D eigenvalue weighted by atomic mass is 9.95. The summed E-state index contributed by atoms with van der Waals surface area (Å²) >= 11 is 1.53. The minimum atomic E-state index is -0.673. The summed E-state index contributed by atoms with van der Waals surface area (Å²) in [6.45, 7) is 6.09. The van der Waals surface area contributed by atoms with Crippen LogP contribution in [0.15, 0.2) is 71.6 Å². The molecule has 0 spiro atoms. The number of ketones is 1. The number of nitrogens with zero attached hydrogens (tertiary/aromatic N) is 1. The standard InChI is InChI=1S/C26H25NO4S/c1-16(2)31-21-12-11-19(14-17(21)3)24(28)22-23(18-8-5-4-6-9-18)27(26(30)25(22)29)15-20-10-7-13-32-20/h4-14,16,23,28H,15H2,1-3H3/b24-22-. The Morgan fingerprint density at radius 1 is 1.09 bits per heavy atom. The molecule has 32 heavy (non-hydrogen) atoms. The molecule has 1 fully saturated rings. The van der Waals surface area contributed by atoms with E-state index in [1.165, 1.54) is 16.2 Å². The summed E-state index contributed by atoms with van der Waals surface area (Å²) in [6, 6.07) is 17.8. The van der Waals surface area contributed by atoms with Crippen LogP contribution in [-0.2, 0) is 16.1 Å². The Morgan fingerprint density at radius 3 is 2.47 bits per heavy atom. The summed E-state index contributed by atoms with van der Waals surface area (Å²) in [5.41, 5.74) is 2.21. The molecule has 3 aromatic rings. The number of aryl methyl sites for hydroxylation is 1. The van der Waals surface area contributed by atoms with Crippen LogP contribution in [0.4, 0.5) is 0 Å². The Morgan fingerprint density at radius 2 is 1.84 bits per heavy atom. The van der Waals surface area contributed by atoms with E-state index >= 15 is 0 Å². The van der Waals surface area contributed by atoms with Crippen molar-refractivity contribution in [3.8, 4) is 5.75 Å². The first-order valence-electron chi connectivity index (χ1n) is 10.5. The molecule has 0 bridgehead atoms. The minimum absolute atomic E-state index is 0.0220. The zero-order chi connectivity index (χ0) is 22.8. The fourth-order valence-corrected chi connectivity index (χ4v) is 4.64. The van der Waals surface area contributed by atoms with Gasteiger partial charge in [0.05, 0.1) is 24.3 Å². The smallest absolute Gasteiger partial charge is 0.295 e. The number of likely N-dealkylation sites (tertiary alicyclic amines) is 1. The molecule has 1 aliphatic rings. The molecular formula is C26H25NO4S. The molecular weight excluding hydrogens is 422 g/mol. The molecule has 1 atom stereocenters. The summed E-state index contributed by atoms with van der Waals surface area (Å²) in [5, 5.41) is 13.2. The van der Waals surface area contributed by atoms with Crippen molar-refractivity contribution in [3.05, 3.63) is 93.2 Å². The quantitative estimate of drug-likeness (QED) is 0.309. The van der Waals surface area contributed by atoms with Crippen LogP contribution < -0.4 is 4.74 Å². The van der Waals surface area contributed by atoms with Crippen LogP contribution in [0.5, 0.6) is 5.75 Å². The maximum atomic E-state index is 13.1. The molecule has 1 N–H and O–H groups in total. The number of ether oxygens (including phenoxy) is 1. The van der Waals surface area contributed by atoms with Gasteiger partial charge in [-0.15, -0.1) is 11.3 Å². The molecule has 1 aromatic heterocycles. The van der Waals surface area contributed by atoms with E-state index in [4.69, 9.17) is 4.74 Å². The van der Waals surface area contributed by atoms with Gasteiger partial charge in [0, 0.05) is 10.4 Å². The second-order valence-corrected chi connectivity index (χ2v) is 9.10. The van der Waals surface area contributed by atoms with Gasteiger partial charge < -0.3 is 14.7 Å². The highest BCUT2D eigenvalue weighted by Gasteiger charge is 2.46. The van der Waals surface area contributed by atoms with Gasteiger partial charge in [0.2, 0.25) is 0 Å². The molecule has 4 rings (SSSR count). The number of Topliss-reactive ketones (excluding diaryl/α,β-unsaturated/α-hetero) is 1. The van der Waals surface area contributed by atoms with Gasteiger partial charge in [0.25, 0.3) is 11.7 Å². The summed E-state index contributed by atoms with van der Waals surface area (Å²) < 4.78 is 5.78. The van der Waals surface area contributed by atoms with E-state index in [2.05, 4.69) is 0 Å². The SMILES string of the molecule is Cc1cc(/C(O)=C2/C(=O)C(=O)N(Cc3cccs3)C2c2ccccc2)ccc1OC(C)C. The van der Waals surface area contributed by atoms with Gasteiger partial charge in [-0.05, 0) is 61.5 Å². The molecule has 164 valence electrons. The van der Waals surface area contributed by atoms with Crippen LogP contribution in [0, 0.1) is 6.92 Å². The number of benzene rings is 2. The number of carbonyl (C=O) groups excluding carboxylic acids is 2. The monoisotopic (exact) mass is 447 g/mol. The maximum Gasteiger partial charge on any atom is 0.295 e. The summed E-state index contributed by atoms with van der Waals surface area (Å²) in [4.78, 5) is 28.6. The van der Waals surface area contributed by atoms with E-state index in [0.29, 0.717) is 17.9 Å². The third kappa shape index (κ3) is 4.18. The molecule has 0 radical (unpaired) electrons. The predicted molar refractivity (Wildman–Crippen MR) is 126 cm³/mol. The van der Waals surface area contributed by atoms with E-state index in [9.17, 15) is 14.7 Å². The summed E-state index contributed by atoms with van der Waals surface area (Å²) in [5.74, 6) is -0.738. The second kappa shape index (κ2) is 9.01. The average Bonchev–Trinajstić information content (AvgIpc) is 3.37. The zero-order valence-corrected chi connectivity index (χ0v) is 19.1. The number of amides is 1. The molecule has 1 amide bonds. The van der Waals surface area contributed by atoms with Crippen molar-refractivity contribution < 1.29 is 19.4 Å². The zero-order valence-electron chi connectivity index (χ0n) is 18.2. The van der Waals surface area contributed by atoms with Crippen LogP contribution in [0.2, 0.25) is 0 Å². The van der Waals surface area contributed by atoms with Crippen LogP contribution in [0.1, 0.15) is 41.5 Å². The topological polar surface area (TPSA) is 66.8 Å². The van der Waals surface area contributed by atoms with Crippen molar-refractivity contribution in [1.29, 1.82) is 0 Å². The van der Waals surface area contributed by atoms with Crippen molar-refractivity contribution >= 4 is 28.8 Å². The van der Waals surface area contributed by atoms with Gasteiger partial charge in [-0.1, -0.05) is 36.4 Å². The number of rotatable bonds is 6. The van der Waals surface area contributed by atoms with Gasteiger partial charge in [0.1, 0.15) is 11.5 Å². The van der Waals surface area contributed by atoms with E-state index in [1.807, 2.05) is 68.6 Å². The average molecular weight is 448 g/mol. The third-order valence-electron chi connectivity index (χ3n) is 5.37. The molecule has 1 aliphatic heterocycles. The first-order chi connectivity index (χ1) is 15.4. The van der Waals surface area contributed by atoms with Crippen molar-refractivity contribution in [2.45, 2.75) is 39.5 Å². The van der Waals surface area contributed by atoms with Crippen LogP contribution in [0.25, 0.3) is 5.76 Å². The summed E-state index contributed by atoms with van der Waals surface area (Å²) in [6.07, 6.45) is 0.0220. The lowest BCUT2D eigenvalue weighted by molar-refractivity contribution is -0.140. The van der Waals surface area contributed by atoms with Crippen molar-refractivity contribution in [2.75, 3.05) is 0 Å². The highest BCUT2D eigenvalue weighted by molar-refractivity contribution is 7.09. The molecule has 1 unspecified atom stereocenters. The van der Waals surface area contributed by atoms with Crippen LogP contribution in [-0.4, -0.2) is 27.8 Å². The number of hydrogen-bond acceptors (Lipinski definition) is 5. The predicted octanol–water partition coefficient (Wildman–Crippen LogP) is 5.47. The molecule has 0 aliphatic carbocycles. The minimum Gasteiger partial charge on any atom is -0.507 e. The Labute approximate surface area is 191 Å². The van der Waals surface area contributed by atoms with Gasteiger partial charge in [0.15, 0.2) is 0 Å². The molecule has 6 heteroatoms. The fourth-order valence-electron chi connectivity index (χ4n) is 3.93. The maximum absolute atomic E-state index is 13.1. The lowest BCUT2D eigenvalue weighted by Crippen LogP contribution is -2.28. The number of aliphatic hydroxyl groups excluding tert-OH is 1. The van der Waals surface area contributed by atoms with Gasteiger partial charge in [-0.25, -0.2) is 0 Å². The molecule has 2 aromatic carbocycles. The molecule has 5 nitrogen and oxygen atoms in total. The fraction of sp³-hybridized carbons (Fsp3) is 0.231. The summed E-state index contributed by atoms with van der Waals surface area (Å²) in [7, 11) is 0. The number of carbonyl (C=O) groups is 2. The highest BCUT2D eigenvalue weighted by atomic mass is 32.1.